The van der Waals surface area contributed by atoms with E-state index in [-0.39, 0.29) is 5.75 Å². The van der Waals surface area contributed by atoms with Crippen LogP contribution in [0.3, 0.4) is 0 Å². The van der Waals surface area contributed by atoms with Crippen LogP contribution in [0, 0.1) is 6.92 Å². The van der Waals surface area contributed by atoms with Gasteiger partial charge in [-0.15, -0.1) is 0 Å². The fourth-order valence-electron chi connectivity index (χ4n) is 1.48. The van der Waals surface area contributed by atoms with Gasteiger partial charge in [0.05, 0.1) is 5.75 Å². The molecule has 0 amide bonds. The molecule has 1 aromatic carbocycles. The Morgan fingerprint density at radius 2 is 2.06 bits per heavy atom. The second-order valence-electron chi connectivity index (χ2n) is 4.26. The molecule has 0 bridgehead atoms. The van der Waals surface area contributed by atoms with Gasteiger partial charge >= 0.3 is 0 Å². The van der Waals surface area contributed by atoms with E-state index in [0.717, 1.165) is 16.1 Å². The largest absolute Gasteiger partial charge is 0.313 e. The van der Waals surface area contributed by atoms with Gasteiger partial charge in [-0.2, -0.15) is 0 Å². The molecule has 0 aromatic heterocycles. The van der Waals surface area contributed by atoms with E-state index < -0.39 is 9.84 Å². The normalized spacial score (nSPS) is 11.7. The lowest BCUT2D eigenvalue weighted by molar-refractivity contribution is 0.594. The fourth-order valence-corrected chi connectivity index (χ4v) is 2.45. The second kappa shape index (κ2) is 6.38. The Morgan fingerprint density at radius 1 is 1.35 bits per heavy atom. The molecular formula is C12H18ClNO2S. The zero-order chi connectivity index (χ0) is 12.9. The second-order valence-corrected chi connectivity index (χ2v) is 6.92. The van der Waals surface area contributed by atoms with Crippen LogP contribution in [-0.2, 0) is 16.4 Å². The number of rotatable bonds is 6. The third-order valence-corrected chi connectivity index (χ3v) is 3.77. The summed E-state index contributed by atoms with van der Waals surface area (Å²) in [6, 6.07) is 5.93. The molecule has 1 N–H and O–H groups in total. The van der Waals surface area contributed by atoms with Crippen LogP contribution in [0.1, 0.15) is 17.5 Å². The van der Waals surface area contributed by atoms with E-state index in [9.17, 15) is 8.42 Å². The van der Waals surface area contributed by atoms with Crippen molar-refractivity contribution in [1.29, 1.82) is 0 Å². The van der Waals surface area contributed by atoms with Crippen molar-refractivity contribution in [3.63, 3.8) is 0 Å². The summed E-state index contributed by atoms with van der Waals surface area (Å²) < 4.78 is 21.8. The first kappa shape index (κ1) is 14.5. The molecule has 96 valence electrons. The molecule has 0 heterocycles. The first-order valence-electron chi connectivity index (χ1n) is 5.52. The lowest BCUT2D eigenvalue weighted by atomic mass is 10.1. The minimum Gasteiger partial charge on any atom is -0.313 e. The SMILES string of the molecule is Cc1ccc(CNCCCS(C)(=O)=O)c(Cl)c1. The standard InChI is InChI=1S/C12H18ClNO2S/c1-10-4-5-11(12(13)8-10)9-14-6-3-7-17(2,15)16/h4-5,8,14H,3,6-7,9H2,1-2H3. The van der Waals surface area contributed by atoms with Crippen LogP contribution in [0.5, 0.6) is 0 Å². The summed E-state index contributed by atoms with van der Waals surface area (Å²) >= 11 is 6.08. The predicted molar refractivity (Wildman–Crippen MR) is 72.2 cm³/mol. The van der Waals surface area contributed by atoms with E-state index in [1.807, 2.05) is 25.1 Å². The molecule has 17 heavy (non-hydrogen) atoms. The molecule has 0 fully saturated rings. The molecule has 0 aliphatic rings. The summed E-state index contributed by atoms with van der Waals surface area (Å²) in [5.74, 6) is 0.224. The van der Waals surface area contributed by atoms with Crippen LogP contribution in [0.25, 0.3) is 0 Å². The Kier molecular flexibility index (Phi) is 5.43. The van der Waals surface area contributed by atoms with Crippen molar-refractivity contribution in [2.45, 2.75) is 19.9 Å². The van der Waals surface area contributed by atoms with Crippen molar-refractivity contribution in [3.05, 3.63) is 34.3 Å². The number of hydrogen-bond acceptors (Lipinski definition) is 3. The lowest BCUT2D eigenvalue weighted by Gasteiger charge is -2.07. The van der Waals surface area contributed by atoms with Gasteiger partial charge in [-0.05, 0) is 37.1 Å². The Hall–Kier alpha value is -0.580. The minimum atomic E-state index is -2.85. The highest BCUT2D eigenvalue weighted by Crippen LogP contribution is 2.17. The summed E-state index contributed by atoms with van der Waals surface area (Å²) in [7, 11) is -2.85. The zero-order valence-electron chi connectivity index (χ0n) is 10.2. The Balaban J connectivity index is 2.32. The van der Waals surface area contributed by atoms with Crippen molar-refractivity contribution in [3.8, 4) is 0 Å². The molecule has 1 rings (SSSR count). The maximum atomic E-state index is 10.9. The topological polar surface area (TPSA) is 46.2 Å². The molecule has 0 atom stereocenters. The van der Waals surface area contributed by atoms with E-state index in [4.69, 9.17) is 11.6 Å². The van der Waals surface area contributed by atoms with Crippen LogP contribution >= 0.6 is 11.6 Å². The maximum absolute atomic E-state index is 10.9. The highest BCUT2D eigenvalue weighted by atomic mass is 35.5. The van der Waals surface area contributed by atoms with Crippen molar-refractivity contribution < 1.29 is 8.42 Å². The maximum Gasteiger partial charge on any atom is 0.147 e. The van der Waals surface area contributed by atoms with Crippen LogP contribution in [-0.4, -0.2) is 27.0 Å². The van der Waals surface area contributed by atoms with Gasteiger partial charge in [0.25, 0.3) is 0 Å². The van der Waals surface area contributed by atoms with Gasteiger partial charge in [0.1, 0.15) is 9.84 Å². The van der Waals surface area contributed by atoms with Crippen LogP contribution in [0.15, 0.2) is 18.2 Å². The number of sulfone groups is 1. The van der Waals surface area contributed by atoms with Gasteiger partial charge in [-0.1, -0.05) is 23.7 Å². The average molecular weight is 276 g/mol. The summed E-state index contributed by atoms with van der Waals surface area (Å²) in [6.07, 6.45) is 1.88. The third kappa shape index (κ3) is 6.05. The quantitative estimate of drug-likeness (QED) is 0.810. The van der Waals surface area contributed by atoms with E-state index in [1.165, 1.54) is 6.26 Å². The Morgan fingerprint density at radius 3 is 2.65 bits per heavy atom. The molecule has 0 radical (unpaired) electrons. The predicted octanol–water partition coefficient (Wildman–Crippen LogP) is 2.17. The smallest absolute Gasteiger partial charge is 0.147 e. The van der Waals surface area contributed by atoms with Crippen molar-refractivity contribution in [1.82, 2.24) is 5.32 Å². The number of hydrogen-bond donors (Lipinski definition) is 1. The summed E-state index contributed by atoms with van der Waals surface area (Å²) in [6.45, 7) is 3.34. The number of aryl methyl sites for hydroxylation is 1. The Labute approximate surface area is 108 Å². The van der Waals surface area contributed by atoms with Gasteiger partial charge in [-0.3, -0.25) is 0 Å². The van der Waals surface area contributed by atoms with E-state index in [1.54, 1.807) is 0 Å². The summed E-state index contributed by atoms with van der Waals surface area (Å²) in [5, 5.41) is 3.94. The molecule has 0 unspecified atom stereocenters. The monoisotopic (exact) mass is 275 g/mol. The molecule has 0 aliphatic carbocycles. The van der Waals surface area contributed by atoms with Gasteiger partial charge in [-0.25, -0.2) is 8.42 Å². The average Bonchev–Trinajstić information content (AvgIpc) is 2.18. The molecule has 5 heteroatoms. The van der Waals surface area contributed by atoms with Crippen LogP contribution in [0.2, 0.25) is 5.02 Å². The fraction of sp³-hybridized carbons (Fsp3) is 0.500. The molecule has 3 nitrogen and oxygen atoms in total. The van der Waals surface area contributed by atoms with Crippen molar-refractivity contribution in [2.24, 2.45) is 0 Å². The molecule has 0 saturated carbocycles. The molecule has 0 aliphatic heterocycles. The highest BCUT2D eigenvalue weighted by Gasteiger charge is 2.02. The van der Waals surface area contributed by atoms with E-state index in [0.29, 0.717) is 19.5 Å². The summed E-state index contributed by atoms with van der Waals surface area (Å²) in [4.78, 5) is 0. The zero-order valence-corrected chi connectivity index (χ0v) is 11.7. The van der Waals surface area contributed by atoms with Gasteiger partial charge < -0.3 is 5.32 Å². The molecule has 0 spiro atoms. The van der Waals surface area contributed by atoms with E-state index >= 15 is 0 Å². The number of benzene rings is 1. The first-order chi connectivity index (χ1) is 7.88. The lowest BCUT2D eigenvalue weighted by Crippen LogP contribution is -2.18. The molecular weight excluding hydrogens is 258 g/mol. The number of nitrogens with one attached hydrogen (secondary N) is 1. The van der Waals surface area contributed by atoms with Gasteiger partial charge in [0.15, 0.2) is 0 Å². The van der Waals surface area contributed by atoms with E-state index in [2.05, 4.69) is 5.32 Å². The molecule has 1 aromatic rings. The third-order valence-electron chi connectivity index (χ3n) is 2.39. The first-order valence-corrected chi connectivity index (χ1v) is 7.96. The van der Waals surface area contributed by atoms with Crippen molar-refractivity contribution >= 4 is 21.4 Å². The highest BCUT2D eigenvalue weighted by molar-refractivity contribution is 7.90. The van der Waals surface area contributed by atoms with Crippen molar-refractivity contribution in [2.75, 3.05) is 18.6 Å². The number of halogens is 1. The minimum absolute atomic E-state index is 0.224. The molecule has 0 saturated heterocycles. The van der Waals surface area contributed by atoms with Gasteiger partial charge in [0.2, 0.25) is 0 Å². The summed E-state index contributed by atoms with van der Waals surface area (Å²) in [5.41, 5.74) is 2.17. The van der Waals surface area contributed by atoms with Crippen LogP contribution in [0.4, 0.5) is 0 Å². The van der Waals surface area contributed by atoms with Gasteiger partial charge in [0, 0.05) is 17.8 Å². The Bertz CT molecular complexity index is 471. The van der Waals surface area contributed by atoms with Crippen LogP contribution < -0.4 is 5.32 Å².